The van der Waals surface area contributed by atoms with Crippen LogP contribution in [0, 0.1) is 0 Å². The maximum absolute atomic E-state index is 10.3. The van der Waals surface area contributed by atoms with E-state index >= 15 is 0 Å². The zero-order valence-corrected chi connectivity index (χ0v) is 11.5. The molecule has 0 aromatic heterocycles. The van der Waals surface area contributed by atoms with Crippen LogP contribution in [0.25, 0.3) is 10.8 Å². The van der Waals surface area contributed by atoms with Gasteiger partial charge in [0.15, 0.2) is 0 Å². The van der Waals surface area contributed by atoms with Crippen molar-refractivity contribution in [2.24, 2.45) is 0 Å². The summed E-state index contributed by atoms with van der Waals surface area (Å²) < 4.78 is 0. The van der Waals surface area contributed by atoms with Crippen LogP contribution in [0.15, 0.2) is 42.5 Å². The van der Waals surface area contributed by atoms with Gasteiger partial charge in [0.1, 0.15) is 0 Å². The normalized spacial score (nSPS) is 14.1. The lowest BCUT2D eigenvalue weighted by Crippen LogP contribution is -2.38. The molecule has 2 nitrogen and oxygen atoms in total. The van der Waals surface area contributed by atoms with Gasteiger partial charge in [-0.25, -0.2) is 0 Å². The minimum atomic E-state index is -0.772. The van der Waals surface area contributed by atoms with Crippen LogP contribution < -0.4 is 0 Å². The van der Waals surface area contributed by atoms with E-state index in [2.05, 4.69) is 35.2 Å². The number of nitrogens with zero attached hydrogens (tertiary/aromatic N) is 1. The van der Waals surface area contributed by atoms with Gasteiger partial charge in [0.25, 0.3) is 0 Å². The maximum Gasteiger partial charge on any atom is 0.0787 e. The zero-order valence-electron chi connectivity index (χ0n) is 11.5. The van der Waals surface area contributed by atoms with Gasteiger partial charge < -0.3 is 5.11 Å². The molecule has 18 heavy (non-hydrogen) atoms. The van der Waals surface area contributed by atoms with E-state index < -0.39 is 5.60 Å². The molecule has 0 saturated carbocycles. The van der Waals surface area contributed by atoms with Crippen molar-refractivity contribution in [3.63, 3.8) is 0 Å². The average Bonchev–Trinajstić information content (AvgIpc) is 2.26. The predicted molar refractivity (Wildman–Crippen MR) is 76.7 cm³/mol. The van der Waals surface area contributed by atoms with Crippen molar-refractivity contribution in [1.29, 1.82) is 0 Å². The molecule has 1 unspecified atom stereocenters. The number of aliphatic hydroxyl groups is 1. The quantitative estimate of drug-likeness (QED) is 0.894. The first kappa shape index (κ1) is 13.1. The molecule has 0 spiro atoms. The molecular formula is C16H21NO. The number of hydrogen-bond acceptors (Lipinski definition) is 2. The van der Waals surface area contributed by atoms with Crippen molar-refractivity contribution < 1.29 is 5.11 Å². The first-order valence-electron chi connectivity index (χ1n) is 6.27. The molecule has 1 atom stereocenters. The first-order valence-corrected chi connectivity index (χ1v) is 6.27. The van der Waals surface area contributed by atoms with Crippen molar-refractivity contribution in [2.45, 2.75) is 25.5 Å². The van der Waals surface area contributed by atoms with Crippen LogP contribution in [0.1, 0.15) is 25.5 Å². The van der Waals surface area contributed by atoms with Crippen molar-refractivity contribution >= 4 is 10.8 Å². The summed E-state index contributed by atoms with van der Waals surface area (Å²) in [6.07, 6.45) is 0. The topological polar surface area (TPSA) is 23.5 Å². The molecule has 0 saturated heterocycles. The Morgan fingerprint density at radius 1 is 1.00 bits per heavy atom. The van der Waals surface area contributed by atoms with Gasteiger partial charge in [-0.3, -0.25) is 4.90 Å². The second-order valence-electron chi connectivity index (χ2n) is 5.63. The van der Waals surface area contributed by atoms with Crippen LogP contribution in [0.3, 0.4) is 0 Å². The van der Waals surface area contributed by atoms with E-state index in [1.165, 1.54) is 10.8 Å². The number of benzene rings is 2. The van der Waals surface area contributed by atoms with E-state index in [9.17, 15) is 5.11 Å². The van der Waals surface area contributed by atoms with Gasteiger partial charge in [-0.05, 0) is 50.3 Å². The summed E-state index contributed by atoms with van der Waals surface area (Å²) in [5, 5.41) is 12.8. The van der Waals surface area contributed by atoms with E-state index in [0.717, 1.165) is 5.56 Å². The number of likely N-dealkylation sites (N-methyl/N-ethyl adjacent to an activating group) is 1. The third-order valence-corrected chi connectivity index (χ3v) is 3.27. The highest BCUT2D eigenvalue weighted by Crippen LogP contribution is 2.31. The standard InChI is InChI=1S/C16H21NO/c1-16(2,18)15(17(3)4)14-10-9-12-7-5-6-8-13(12)11-14/h5-11,15,18H,1-4H3. The Balaban J connectivity index is 2.51. The fraction of sp³-hybridized carbons (Fsp3) is 0.375. The molecule has 0 radical (unpaired) electrons. The molecule has 0 aliphatic heterocycles. The summed E-state index contributed by atoms with van der Waals surface area (Å²) in [6, 6.07) is 14.7. The lowest BCUT2D eigenvalue weighted by Gasteiger charge is -2.35. The average molecular weight is 243 g/mol. The van der Waals surface area contributed by atoms with E-state index in [0.29, 0.717) is 0 Å². The second kappa shape index (κ2) is 4.71. The fourth-order valence-electron chi connectivity index (χ4n) is 2.72. The van der Waals surface area contributed by atoms with Crippen molar-refractivity contribution in [3.8, 4) is 0 Å². The fourth-order valence-corrected chi connectivity index (χ4v) is 2.72. The molecule has 0 aliphatic rings. The van der Waals surface area contributed by atoms with E-state index in [4.69, 9.17) is 0 Å². The Morgan fingerprint density at radius 2 is 1.61 bits per heavy atom. The molecule has 2 rings (SSSR count). The summed E-state index contributed by atoms with van der Waals surface area (Å²) in [5.74, 6) is 0. The summed E-state index contributed by atoms with van der Waals surface area (Å²) in [5.41, 5.74) is 0.373. The van der Waals surface area contributed by atoms with Gasteiger partial charge >= 0.3 is 0 Å². The van der Waals surface area contributed by atoms with Crippen LogP contribution in [0.5, 0.6) is 0 Å². The second-order valence-corrected chi connectivity index (χ2v) is 5.63. The molecule has 0 heterocycles. The monoisotopic (exact) mass is 243 g/mol. The van der Waals surface area contributed by atoms with Gasteiger partial charge in [-0.1, -0.05) is 36.4 Å². The number of hydrogen-bond donors (Lipinski definition) is 1. The van der Waals surface area contributed by atoms with Crippen molar-refractivity contribution in [2.75, 3.05) is 14.1 Å². The van der Waals surface area contributed by atoms with Crippen LogP contribution in [0.4, 0.5) is 0 Å². The highest BCUT2D eigenvalue weighted by molar-refractivity contribution is 5.83. The summed E-state index contributed by atoms with van der Waals surface area (Å²) in [6.45, 7) is 3.71. The van der Waals surface area contributed by atoms with E-state index in [1.807, 2.05) is 40.1 Å². The van der Waals surface area contributed by atoms with Crippen molar-refractivity contribution in [1.82, 2.24) is 4.90 Å². The Bertz CT molecular complexity index is 540. The minimum Gasteiger partial charge on any atom is -0.388 e. The van der Waals surface area contributed by atoms with E-state index in [1.54, 1.807) is 0 Å². The van der Waals surface area contributed by atoms with Gasteiger partial charge in [0.05, 0.1) is 11.6 Å². The Kier molecular flexibility index (Phi) is 3.42. The summed E-state index contributed by atoms with van der Waals surface area (Å²) in [4.78, 5) is 2.06. The summed E-state index contributed by atoms with van der Waals surface area (Å²) >= 11 is 0. The molecule has 96 valence electrons. The van der Waals surface area contributed by atoms with Gasteiger partial charge in [-0.15, -0.1) is 0 Å². The third kappa shape index (κ3) is 2.55. The lowest BCUT2D eigenvalue weighted by atomic mass is 9.90. The predicted octanol–water partition coefficient (Wildman–Crippen LogP) is 3.21. The Labute approximate surface area is 109 Å². The highest BCUT2D eigenvalue weighted by Gasteiger charge is 2.30. The molecule has 2 aromatic carbocycles. The molecular weight excluding hydrogens is 222 g/mol. The Morgan fingerprint density at radius 3 is 2.17 bits per heavy atom. The first-order chi connectivity index (χ1) is 8.39. The molecule has 0 aliphatic carbocycles. The molecule has 1 N–H and O–H groups in total. The highest BCUT2D eigenvalue weighted by atomic mass is 16.3. The molecule has 2 heteroatoms. The minimum absolute atomic E-state index is 0.0119. The van der Waals surface area contributed by atoms with Crippen LogP contribution in [-0.2, 0) is 0 Å². The molecule has 2 aromatic rings. The van der Waals surface area contributed by atoms with Gasteiger partial charge in [0.2, 0.25) is 0 Å². The largest absolute Gasteiger partial charge is 0.388 e. The van der Waals surface area contributed by atoms with Crippen LogP contribution in [0.2, 0.25) is 0 Å². The van der Waals surface area contributed by atoms with Gasteiger partial charge in [0, 0.05) is 0 Å². The van der Waals surface area contributed by atoms with Gasteiger partial charge in [-0.2, -0.15) is 0 Å². The third-order valence-electron chi connectivity index (χ3n) is 3.27. The van der Waals surface area contributed by atoms with Crippen LogP contribution >= 0.6 is 0 Å². The molecule has 0 amide bonds. The maximum atomic E-state index is 10.3. The molecule has 0 fully saturated rings. The summed E-state index contributed by atoms with van der Waals surface area (Å²) in [7, 11) is 4.00. The van der Waals surface area contributed by atoms with Crippen molar-refractivity contribution in [3.05, 3.63) is 48.0 Å². The number of rotatable bonds is 3. The smallest absolute Gasteiger partial charge is 0.0787 e. The SMILES string of the molecule is CN(C)C(c1ccc2ccccc2c1)C(C)(C)O. The lowest BCUT2D eigenvalue weighted by molar-refractivity contribution is -0.00309. The van der Waals surface area contributed by atoms with Crippen LogP contribution in [-0.4, -0.2) is 29.7 Å². The molecule has 0 bridgehead atoms. The van der Waals surface area contributed by atoms with E-state index in [-0.39, 0.29) is 6.04 Å². The number of fused-ring (bicyclic) bond motifs is 1. The zero-order chi connectivity index (χ0) is 13.3. The Hall–Kier alpha value is -1.38.